The van der Waals surface area contributed by atoms with Gasteiger partial charge in [-0.1, -0.05) is 56.3 Å². The molecule has 0 unspecified atom stereocenters. The summed E-state index contributed by atoms with van der Waals surface area (Å²) in [5.74, 6) is 0.493. The Hall–Kier alpha value is -2.20. The van der Waals surface area contributed by atoms with Crippen LogP contribution >= 0.6 is 0 Å². The zero-order valence-electron chi connectivity index (χ0n) is 16.3. The highest BCUT2D eigenvalue weighted by atomic mass is 16.5. The lowest BCUT2D eigenvalue weighted by atomic mass is 9.71. The highest BCUT2D eigenvalue weighted by molar-refractivity contribution is 5.82. The third kappa shape index (κ3) is 4.56. The Morgan fingerprint density at radius 1 is 1.15 bits per heavy atom. The molecule has 0 spiro atoms. The predicted octanol–water partition coefficient (Wildman–Crippen LogP) is 4.89. The van der Waals surface area contributed by atoms with Crippen LogP contribution in [0.15, 0.2) is 55.1 Å². The molecule has 1 fully saturated rings. The van der Waals surface area contributed by atoms with Gasteiger partial charge in [-0.05, 0) is 47.4 Å². The van der Waals surface area contributed by atoms with E-state index in [1.807, 2.05) is 11.0 Å². The molecule has 4 heteroatoms. The average molecular weight is 364 g/mol. The second-order valence-electron chi connectivity index (χ2n) is 8.63. The van der Waals surface area contributed by atoms with Crippen LogP contribution in [0.1, 0.15) is 38.7 Å². The van der Waals surface area contributed by atoms with Gasteiger partial charge in [0.25, 0.3) is 0 Å². The minimum Gasteiger partial charge on any atom is -0.378 e. The first-order valence-corrected chi connectivity index (χ1v) is 10.0. The summed E-state index contributed by atoms with van der Waals surface area (Å²) < 4.78 is 8.34. The molecule has 0 radical (unpaired) electrons. The lowest BCUT2D eigenvalue weighted by Gasteiger charge is -2.40. The van der Waals surface area contributed by atoms with Crippen LogP contribution in [0.25, 0.3) is 10.8 Å². The molecule has 27 heavy (non-hydrogen) atoms. The topological polar surface area (TPSA) is 39.9 Å². The molecular formula is C23H29N3O. The molecule has 1 heterocycles. The van der Waals surface area contributed by atoms with Gasteiger partial charge in [0.1, 0.15) is 12.7 Å². The molecule has 1 saturated carbocycles. The van der Waals surface area contributed by atoms with Gasteiger partial charge in [-0.3, -0.25) is 4.68 Å². The lowest BCUT2D eigenvalue weighted by molar-refractivity contribution is -0.0433. The van der Waals surface area contributed by atoms with Crippen LogP contribution in [0, 0.1) is 11.3 Å². The zero-order chi connectivity index (χ0) is 18.7. The van der Waals surface area contributed by atoms with Crippen molar-refractivity contribution in [3.8, 4) is 0 Å². The van der Waals surface area contributed by atoms with Crippen molar-refractivity contribution in [1.82, 2.24) is 14.8 Å². The van der Waals surface area contributed by atoms with Crippen LogP contribution in [0.5, 0.6) is 0 Å². The second kappa shape index (κ2) is 7.81. The molecular weight excluding hydrogens is 334 g/mol. The molecule has 4 nitrogen and oxygen atoms in total. The molecule has 1 aliphatic carbocycles. The number of hydrogen-bond donors (Lipinski definition) is 0. The van der Waals surface area contributed by atoms with Crippen LogP contribution in [0.3, 0.4) is 0 Å². The quantitative estimate of drug-likeness (QED) is 0.626. The fourth-order valence-corrected chi connectivity index (χ4v) is 4.40. The average Bonchev–Trinajstić information content (AvgIpc) is 3.16. The SMILES string of the molecule is CC1(C)CC[C@H](OCCc2ccc3ccccc3c2)[C@H](Cn2cncn2)C1. The molecule has 0 aliphatic heterocycles. The van der Waals surface area contributed by atoms with Crippen molar-refractivity contribution < 1.29 is 4.74 Å². The van der Waals surface area contributed by atoms with Crippen molar-refractivity contribution in [3.63, 3.8) is 0 Å². The van der Waals surface area contributed by atoms with Crippen molar-refractivity contribution >= 4 is 10.8 Å². The lowest BCUT2D eigenvalue weighted by Crippen LogP contribution is -2.38. The van der Waals surface area contributed by atoms with Gasteiger partial charge >= 0.3 is 0 Å². The molecule has 0 amide bonds. The Morgan fingerprint density at radius 3 is 2.81 bits per heavy atom. The van der Waals surface area contributed by atoms with Gasteiger partial charge in [0.15, 0.2) is 0 Å². The first-order valence-electron chi connectivity index (χ1n) is 10.0. The van der Waals surface area contributed by atoms with E-state index < -0.39 is 0 Å². The van der Waals surface area contributed by atoms with E-state index in [1.54, 1.807) is 6.33 Å². The minimum absolute atomic E-state index is 0.308. The summed E-state index contributed by atoms with van der Waals surface area (Å²) in [5.41, 5.74) is 1.72. The summed E-state index contributed by atoms with van der Waals surface area (Å²) in [6, 6.07) is 15.2. The van der Waals surface area contributed by atoms with Crippen molar-refractivity contribution in [3.05, 3.63) is 60.7 Å². The molecule has 0 N–H and O–H groups in total. The molecule has 4 rings (SSSR count). The van der Waals surface area contributed by atoms with Crippen molar-refractivity contribution in [2.45, 2.75) is 52.2 Å². The number of benzene rings is 2. The molecule has 2 atom stereocenters. The summed E-state index contributed by atoms with van der Waals surface area (Å²) in [5, 5.41) is 6.90. The maximum absolute atomic E-state index is 6.39. The van der Waals surface area contributed by atoms with Crippen LogP contribution in [-0.2, 0) is 17.7 Å². The fraction of sp³-hybridized carbons (Fsp3) is 0.478. The Morgan fingerprint density at radius 2 is 2.00 bits per heavy atom. The summed E-state index contributed by atoms with van der Waals surface area (Å²) in [4.78, 5) is 4.09. The molecule has 1 aromatic heterocycles. The molecule has 3 aromatic rings. The molecule has 1 aliphatic rings. The number of nitrogens with zero attached hydrogens (tertiary/aromatic N) is 3. The van der Waals surface area contributed by atoms with E-state index in [-0.39, 0.29) is 0 Å². The molecule has 2 aromatic carbocycles. The zero-order valence-corrected chi connectivity index (χ0v) is 16.3. The standard InChI is InChI=1S/C23H29N3O/c1-23(2)11-9-22(21(14-23)15-26-17-24-16-25-26)27-12-10-18-7-8-19-5-3-4-6-20(19)13-18/h3-8,13,16-17,21-22H,9-12,14-15H2,1-2H3/t21-,22-/m0/s1. The van der Waals surface area contributed by atoms with Gasteiger partial charge < -0.3 is 4.74 Å². The highest BCUT2D eigenvalue weighted by Crippen LogP contribution is 2.40. The van der Waals surface area contributed by atoms with Crippen LogP contribution in [0.2, 0.25) is 0 Å². The number of hydrogen-bond acceptors (Lipinski definition) is 3. The number of fused-ring (bicyclic) bond motifs is 1. The van der Waals surface area contributed by atoms with Gasteiger partial charge in [-0.15, -0.1) is 0 Å². The van der Waals surface area contributed by atoms with Crippen LogP contribution in [-0.4, -0.2) is 27.5 Å². The minimum atomic E-state index is 0.308. The first kappa shape index (κ1) is 18.2. The van der Waals surface area contributed by atoms with E-state index in [2.05, 4.69) is 66.4 Å². The van der Waals surface area contributed by atoms with E-state index in [0.29, 0.717) is 17.4 Å². The largest absolute Gasteiger partial charge is 0.378 e. The third-order valence-corrected chi connectivity index (χ3v) is 5.87. The van der Waals surface area contributed by atoms with Gasteiger partial charge in [0, 0.05) is 12.5 Å². The summed E-state index contributed by atoms with van der Waals surface area (Å²) in [6.45, 7) is 6.40. The van der Waals surface area contributed by atoms with E-state index in [1.165, 1.54) is 29.2 Å². The second-order valence-corrected chi connectivity index (χ2v) is 8.63. The Balaban J connectivity index is 1.37. The van der Waals surface area contributed by atoms with E-state index in [4.69, 9.17) is 4.74 Å². The van der Waals surface area contributed by atoms with Crippen molar-refractivity contribution in [2.24, 2.45) is 11.3 Å². The van der Waals surface area contributed by atoms with E-state index in [0.717, 1.165) is 26.0 Å². The third-order valence-electron chi connectivity index (χ3n) is 5.87. The van der Waals surface area contributed by atoms with Crippen LogP contribution in [0.4, 0.5) is 0 Å². The van der Waals surface area contributed by atoms with E-state index in [9.17, 15) is 0 Å². The first-order chi connectivity index (χ1) is 13.1. The van der Waals surface area contributed by atoms with Crippen molar-refractivity contribution in [1.29, 1.82) is 0 Å². The van der Waals surface area contributed by atoms with Gasteiger partial charge in [0.2, 0.25) is 0 Å². The summed E-state index contributed by atoms with van der Waals surface area (Å²) in [6.07, 6.45) is 8.22. The fourth-order valence-electron chi connectivity index (χ4n) is 4.40. The van der Waals surface area contributed by atoms with E-state index >= 15 is 0 Å². The molecule has 0 bridgehead atoms. The maximum atomic E-state index is 6.39. The Kier molecular flexibility index (Phi) is 5.26. The van der Waals surface area contributed by atoms with Gasteiger partial charge in [-0.25, -0.2) is 4.98 Å². The van der Waals surface area contributed by atoms with Crippen LogP contribution < -0.4 is 0 Å². The predicted molar refractivity (Wildman–Crippen MR) is 109 cm³/mol. The maximum Gasteiger partial charge on any atom is 0.137 e. The van der Waals surface area contributed by atoms with Gasteiger partial charge in [-0.2, -0.15) is 5.10 Å². The van der Waals surface area contributed by atoms with Crippen molar-refractivity contribution in [2.75, 3.05) is 6.61 Å². The Bertz CT molecular complexity index is 872. The normalized spacial score (nSPS) is 22.1. The number of ether oxygens (including phenoxy) is 1. The van der Waals surface area contributed by atoms with Gasteiger partial charge in [0.05, 0.1) is 12.7 Å². The number of aromatic nitrogens is 3. The summed E-state index contributed by atoms with van der Waals surface area (Å²) in [7, 11) is 0. The smallest absolute Gasteiger partial charge is 0.137 e. The Labute approximate surface area is 161 Å². The summed E-state index contributed by atoms with van der Waals surface area (Å²) >= 11 is 0. The molecule has 142 valence electrons. The highest BCUT2D eigenvalue weighted by Gasteiger charge is 2.35. The monoisotopic (exact) mass is 363 g/mol. The molecule has 0 saturated heterocycles. The number of rotatable bonds is 6.